The highest BCUT2D eigenvalue weighted by Gasteiger charge is 2.17. The molecule has 0 aliphatic rings. The lowest BCUT2D eigenvalue weighted by Gasteiger charge is -2.17. The average molecular weight is 575 g/mol. The van der Waals surface area contributed by atoms with Crippen molar-refractivity contribution in [1.82, 2.24) is 20.0 Å². The van der Waals surface area contributed by atoms with Gasteiger partial charge in [0.2, 0.25) is 0 Å². The molecule has 0 saturated carbocycles. The third-order valence-corrected chi connectivity index (χ3v) is 8.69. The Balaban J connectivity index is 1.14. The van der Waals surface area contributed by atoms with Gasteiger partial charge in [-0.2, -0.15) is 4.80 Å². The number of para-hydroxylation sites is 1. The first-order chi connectivity index (χ1) is 22.3. The van der Waals surface area contributed by atoms with E-state index in [1.807, 2.05) is 24.4 Å². The molecular formula is C41H26N4. The molecule has 4 heteroatoms. The fourth-order valence-corrected chi connectivity index (χ4v) is 6.56. The fraction of sp³-hybridized carbons (Fsp3) is 0. The first kappa shape index (κ1) is 25.4. The lowest BCUT2D eigenvalue weighted by molar-refractivity contribution is 0.766. The molecule has 2 heterocycles. The summed E-state index contributed by atoms with van der Waals surface area (Å²) in [5.41, 5.74) is 10.6. The minimum Gasteiger partial charge on any atom is -0.256 e. The second-order valence-corrected chi connectivity index (χ2v) is 11.4. The zero-order valence-corrected chi connectivity index (χ0v) is 24.3. The molecule has 0 radical (unpaired) electrons. The van der Waals surface area contributed by atoms with Crippen molar-refractivity contribution in [2.45, 2.75) is 0 Å². The molecule has 9 rings (SSSR count). The summed E-state index contributed by atoms with van der Waals surface area (Å²) < 4.78 is 0. The van der Waals surface area contributed by atoms with E-state index in [1.165, 1.54) is 38.2 Å². The summed E-state index contributed by atoms with van der Waals surface area (Å²) in [5, 5.41) is 15.8. The van der Waals surface area contributed by atoms with Crippen LogP contribution in [0, 0.1) is 0 Å². The molecule has 0 bridgehead atoms. The third-order valence-electron chi connectivity index (χ3n) is 8.69. The van der Waals surface area contributed by atoms with Crippen LogP contribution in [-0.2, 0) is 0 Å². The molecule has 0 aliphatic carbocycles. The molecule has 0 amide bonds. The van der Waals surface area contributed by atoms with Gasteiger partial charge in [0.25, 0.3) is 0 Å². The number of benzene rings is 7. The van der Waals surface area contributed by atoms with Crippen molar-refractivity contribution in [2.24, 2.45) is 0 Å². The molecule has 9 aromatic rings. The minimum atomic E-state index is 0.857. The second-order valence-electron chi connectivity index (χ2n) is 11.4. The highest BCUT2D eigenvalue weighted by Crippen LogP contribution is 2.43. The molecule has 2 aromatic heterocycles. The molecule has 0 atom stereocenters. The molecule has 0 N–H and O–H groups in total. The number of fused-ring (bicyclic) bond motifs is 4. The minimum absolute atomic E-state index is 0.857. The average Bonchev–Trinajstić information content (AvgIpc) is 3.54. The van der Waals surface area contributed by atoms with Gasteiger partial charge in [0.1, 0.15) is 11.0 Å². The Bertz CT molecular complexity index is 2470. The Kier molecular flexibility index (Phi) is 5.78. The van der Waals surface area contributed by atoms with E-state index in [0.29, 0.717) is 0 Å². The van der Waals surface area contributed by atoms with E-state index in [2.05, 4.69) is 138 Å². The lowest BCUT2D eigenvalue weighted by Crippen LogP contribution is -1.98. The van der Waals surface area contributed by atoms with Crippen LogP contribution in [0.15, 0.2) is 158 Å². The summed E-state index contributed by atoms with van der Waals surface area (Å²) in [6, 6.07) is 53.3. The zero-order valence-electron chi connectivity index (χ0n) is 24.3. The number of hydrogen-bond donors (Lipinski definition) is 0. The van der Waals surface area contributed by atoms with Gasteiger partial charge in [0.05, 0.1) is 11.2 Å². The van der Waals surface area contributed by atoms with Crippen LogP contribution in [0.3, 0.4) is 0 Å². The molecule has 45 heavy (non-hydrogen) atoms. The van der Waals surface area contributed by atoms with Crippen molar-refractivity contribution in [1.29, 1.82) is 0 Å². The summed E-state index contributed by atoms with van der Waals surface area (Å²) in [6.07, 6.45) is 1.93. The van der Waals surface area contributed by atoms with E-state index < -0.39 is 0 Å². The Morgan fingerprint density at radius 1 is 0.378 bits per heavy atom. The first-order valence-electron chi connectivity index (χ1n) is 15.1. The number of aromatic nitrogens is 4. The van der Waals surface area contributed by atoms with Crippen LogP contribution in [-0.4, -0.2) is 20.0 Å². The van der Waals surface area contributed by atoms with E-state index in [4.69, 9.17) is 10.2 Å². The first-order valence-corrected chi connectivity index (χ1v) is 15.1. The predicted molar refractivity (Wildman–Crippen MR) is 185 cm³/mol. The van der Waals surface area contributed by atoms with Gasteiger partial charge in [-0.05, 0) is 85.8 Å². The largest absolute Gasteiger partial charge is 0.256 e. The summed E-state index contributed by atoms with van der Waals surface area (Å²) in [7, 11) is 0. The second kappa shape index (κ2) is 10.2. The number of hydrogen-bond acceptors (Lipinski definition) is 3. The van der Waals surface area contributed by atoms with E-state index in [9.17, 15) is 0 Å². The quantitative estimate of drug-likeness (QED) is 0.196. The molecule has 0 unspecified atom stereocenters. The van der Waals surface area contributed by atoms with Crippen molar-refractivity contribution >= 4 is 43.5 Å². The van der Waals surface area contributed by atoms with E-state index in [-0.39, 0.29) is 0 Å². The lowest BCUT2D eigenvalue weighted by atomic mass is 9.86. The summed E-state index contributed by atoms with van der Waals surface area (Å²) >= 11 is 0. The van der Waals surface area contributed by atoms with Crippen LogP contribution >= 0.6 is 0 Å². The predicted octanol–water partition coefficient (Wildman–Crippen LogP) is 10.3. The van der Waals surface area contributed by atoms with Crippen LogP contribution in [0.4, 0.5) is 0 Å². The van der Waals surface area contributed by atoms with Crippen molar-refractivity contribution < 1.29 is 0 Å². The van der Waals surface area contributed by atoms with Crippen molar-refractivity contribution in [2.75, 3.05) is 0 Å². The SMILES string of the molecule is c1ccc(-c2c3ccccc3c(-c3ccc4nn(-c5ccc(-c6cnc7ccccc7c6)cc5)nc4c3)c3ccccc23)cc1. The molecular weight excluding hydrogens is 548 g/mol. The zero-order chi connectivity index (χ0) is 29.7. The number of nitrogens with zero attached hydrogens (tertiary/aromatic N) is 4. The van der Waals surface area contributed by atoms with Crippen LogP contribution in [0.2, 0.25) is 0 Å². The van der Waals surface area contributed by atoms with Crippen molar-refractivity contribution in [3.63, 3.8) is 0 Å². The van der Waals surface area contributed by atoms with E-state index in [1.54, 1.807) is 4.80 Å². The number of rotatable bonds is 4. The molecule has 0 fully saturated rings. The molecule has 0 aliphatic heterocycles. The highest BCUT2D eigenvalue weighted by atomic mass is 15.5. The van der Waals surface area contributed by atoms with Gasteiger partial charge in [0.15, 0.2) is 0 Å². The summed E-state index contributed by atoms with van der Waals surface area (Å²) in [4.78, 5) is 6.36. The van der Waals surface area contributed by atoms with E-state index in [0.717, 1.165) is 44.3 Å². The van der Waals surface area contributed by atoms with Gasteiger partial charge in [-0.1, -0.05) is 115 Å². The van der Waals surface area contributed by atoms with Crippen molar-refractivity contribution in [3.8, 4) is 39.1 Å². The van der Waals surface area contributed by atoms with Crippen LogP contribution < -0.4 is 0 Å². The molecule has 210 valence electrons. The maximum atomic E-state index is 4.93. The van der Waals surface area contributed by atoms with Crippen LogP contribution in [0.5, 0.6) is 0 Å². The fourth-order valence-electron chi connectivity index (χ4n) is 6.56. The van der Waals surface area contributed by atoms with Crippen LogP contribution in [0.25, 0.3) is 82.5 Å². The van der Waals surface area contributed by atoms with Gasteiger partial charge >= 0.3 is 0 Å². The smallest absolute Gasteiger partial charge is 0.114 e. The van der Waals surface area contributed by atoms with Gasteiger partial charge in [-0.15, -0.1) is 10.2 Å². The molecule has 4 nitrogen and oxygen atoms in total. The Morgan fingerprint density at radius 3 is 1.67 bits per heavy atom. The van der Waals surface area contributed by atoms with Gasteiger partial charge < -0.3 is 0 Å². The topological polar surface area (TPSA) is 43.6 Å². The van der Waals surface area contributed by atoms with E-state index >= 15 is 0 Å². The Labute approximate surface area is 259 Å². The molecule has 7 aromatic carbocycles. The molecule has 0 saturated heterocycles. The van der Waals surface area contributed by atoms with Gasteiger partial charge in [0, 0.05) is 17.1 Å². The highest BCUT2D eigenvalue weighted by molar-refractivity contribution is 6.21. The summed E-state index contributed by atoms with van der Waals surface area (Å²) in [6.45, 7) is 0. The van der Waals surface area contributed by atoms with Gasteiger partial charge in [-0.25, -0.2) is 0 Å². The molecule has 0 spiro atoms. The maximum absolute atomic E-state index is 4.93. The summed E-state index contributed by atoms with van der Waals surface area (Å²) in [5.74, 6) is 0. The van der Waals surface area contributed by atoms with Crippen LogP contribution in [0.1, 0.15) is 0 Å². The normalized spacial score (nSPS) is 11.6. The van der Waals surface area contributed by atoms with Gasteiger partial charge in [-0.3, -0.25) is 4.98 Å². The Morgan fingerprint density at radius 2 is 0.956 bits per heavy atom. The number of pyridine rings is 1. The van der Waals surface area contributed by atoms with Crippen molar-refractivity contribution in [3.05, 3.63) is 158 Å². The maximum Gasteiger partial charge on any atom is 0.114 e. The Hall–Kier alpha value is -6.13. The standard InChI is InChI=1S/C41H26N4/c1-2-10-28(11-3-1)40-33-13-5-7-15-35(33)41(36-16-8-6-14-34(36)40)30-20-23-38-39(25-30)44-45(43-38)32-21-18-27(19-22-32)31-24-29-12-4-9-17-37(29)42-26-31/h1-26H. The monoisotopic (exact) mass is 574 g/mol. The third kappa shape index (κ3) is 4.27.